The topological polar surface area (TPSA) is 153 Å². The molecule has 1 aromatic carbocycles. The third-order valence-corrected chi connectivity index (χ3v) is 13.1. The summed E-state index contributed by atoms with van der Waals surface area (Å²) in [7, 11) is 0. The van der Waals surface area contributed by atoms with Crippen LogP contribution in [0, 0.1) is 50.0 Å². The van der Waals surface area contributed by atoms with E-state index in [0.717, 1.165) is 24.8 Å². The molecule has 0 aromatic heterocycles. The van der Waals surface area contributed by atoms with Gasteiger partial charge in [-0.25, -0.2) is 9.59 Å². The lowest BCUT2D eigenvalue weighted by Crippen LogP contribution is -2.65. The van der Waals surface area contributed by atoms with Gasteiger partial charge in [0, 0.05) is 24.6 Å². The van der Waals surface area contributed by atoms with Crippen molar-refractivity contribution in [2.45, 2.75) is 118 Å². The third-order valence-electron chi connectivity index (χ3n) is 13.1. The Morgan fingerprint density at radius 1 is 1.02 bits per heavy atom. The zero-order valence-corrected chi connectivity index (χ0v) is 29.3. The highest BCUT2D eigenvalue weighted by molar-refractivity contribution is 5.90. The Balaban J connectivity index is 1.45. The van der Waals surface area contributed by atoms with Crippen LogP contribution in [0.1, 0.15) is 110 Å². The van der Waals surface area contributed by atoms with Gasteiger partial charge in [-0.2, -0.15) is 0 Å². The molecule has 0 aliphatic heterocycles. The molecule has 2 N–H and O–H groups in total. The van der Waals surface area contributed by atoms with Crippen molar-refractivity contribution in [3.8, 4) is 0 Å². The first-order chi connectivity index (χ1) is 22.4. The van der Waals surface area contributed by atoms with Crippen LogP contribution in [-0.4, -0.2) is 51.4 Å². The predicted octanol–water partition coefficient (Wildman–Crippen LogP) is 7.44. The molecule has 0 saturated heterocycles. The predicted molar refractivity (Wildman–Crippen MR) is 179 cm³/mol. The molecule has 5 rings (SSSR count). The van der Waals surface area contributed by atoms with Crippen LogP contribution in [0.3, 0.4) is 0 Å². The largest absolute Gasteiger partial charge is 0.478 e. The number of aliphatic hydroxyl groups excluding tert-OH is 1. The summed E-state index contributed by atoms with van der Waals surface area (Å²) in [5.41, 5.74) is 1.20. The molecule has 1 aromatic rings. The number of aliphatic carboxylic acids is 1. The van der Waals surface area contributed by atoms with Gasteiger partial charge in [0.1, 0.15) is 12.2 Å². The van der Waals surface area contributed by atoms with Crippen LogP contribution in [-0.2, 0) is 19.1 Å². The minimum Gasteiger partial charge on any atom is -0.478 e. The number of fused-ring (bicyclic) bond motifs is 5. The van der Waals surface area contributed by atoms with Crippen LogP contribution in [0.4, 0.5) is 5.69 Å². The summed E-state index contributed by atoms with van der Waals surface area (Å²) in [5.74, 6) is -2.08. The van der Waals surface area contributed by atoms with Crippen molar-refractivity contribution in [2.75, 3.05) is 0 Å². The number of nitrogens with zero attached hydrogens (tertiary/aromatic N) is 1. The number of carbonyl (C=O) groups excluding carboxylic acids is 2. The molecular formula is C38H51NO9. The van der Waals surface area contributed by atoms with Crippen molar-refractivity contribution in [1.82, 2.24) is 0 Å². The van der Waals surface area contributed by atoms with E-state index in [4.69, 9.17) is 9.47 Å². The highest BCUT2D eigenvalue weighted by atomic mass is 16.6. The van der Waals surface area contributed by atoms with E-state index in [2.05, 4.69) is 27.7 Å². The fourth-order valence-corrected chi connectivity index (χ4v) is 10.9. The maximum absolute atomic E-state index is 13.1. The maximum atomic E-state index is 13.1. The summed E-state index contributed by atoms with van der Waals surface area (Å²) < 4.78 is 12.0. The second-order valence-corrected chi connectivity index (χ2v) is 15.8. The van der Waals surface area contributed by atoms with Crippen molar-refractivity contribution in [1.29, 1.82) is 0 Å². The molecule has 0 heterocycles. The van der Waals surface area contributed by atoms with E-state index in [1.165, 1.54) is 31.2 Å². The number of hydrogen-bond donors (Lipinski definition) is 2. The summed E-state index contributed by atoms with van der Waals surface area (Å²) >= 11 is 0. The van der Waals surface area contributed by atoms with Gasteiger partial charge in [-0.15, -0.1) is 0 Å². The van der Waals surface area contributed by atoms with Crippen LogP contribution in [0.2, 0.25) is 0 Å². The molecule has 0 bridgehead atoms. The molecule has 4 aliphatic rings. The normalized spacial score (nSPS) is 38.0. The summed E-state index contributed by atoms with van der Waals surface area (Å²) in [6, 6.07) is 5.45. The molecule has 0 spiro atoms. The van der Waals surface area contributed by atoms with Gasteiger partial charge in [0.15, 0.2) is 0 Å². The number of rotatable bonds is 8. The first kappa shape index (κ1) is 35.8. The Labute approximate surface area is 283 Å². The number of carboxylic acids is 1. The van der Waals surface area contributed by atoms with Crippen LogP contribution in [0.15, 0.2) is 47.1 Å². The number of aliphatic hydroxyl groups is 1. The van der Waals surface area contributed by atoms with Crippen molar-refractivity contribution in [3.63, 3.8) is 0 Å². The lowest BCUT2D eigenvalue weighted by atomic mass is 9.36. The van der Waals surface area contributed by atoms with Crippen LogP contribution in [0.5, 0.6) is 0 Å². The van der Waals surface area contributed by atoms with Crippen molar-refractivity contribution in [2.24, 2.45) is 39.9 Å². The lowest BCUT2D eigenvalue weighted by Gasteiger charge is -2.69. The average Bonchev–Trinajstić information content (AvgIpc) is 3.27. The second-order valence-electron chi connectivity index (χ2n) is 15.8. The Hall–Kier alpha value is -3.53. The van der Waals surface area contributed by atoms with Gasteiger partial charge in [-0.1, -0.05) is 39.3 Å². The van der Waals surface area contributed by atoms with E-state index in [1.54, 1.807) is 0 Å². The highest BCUT2D eigenvalue weighted by Gasteiger charge is 2.71. The average molecular weight is 666 g/mol. The standard InChI is InChI=1S/C38H51NO9/c1-21(2)9-8-10-26(34(42)43)32-28-19-29(41)33-36(5)17-16-30(48-35(44)24-11-13-25(14-12-24)39(45)46)22(3)27(36)15-18-37(33,6)38(28,7)20-31(32)47-23(4)40/h9,11-14,22,27-31,33,41H,8,10,15-20H2,1-7H3,(H,42,43)/b32-26-/t22-,27-,28-,29+,30+,31-,33?,36-,37-,38-/m0/s1. The Morgan fingerprint density at radius 3 is 2.27 bits per heavy atom. The van der Waals surface area contributed by atoms with Gasteiger partial charge in [-0.3, -0.25) is 14.9 Å². The number of ether oxygens (including phenoxy) is 2. The van der Waals surface area contributed by atoms with Crippen LogP contribution >= 0.6 is 0 Å². The molecule has 0 radical (unpaired) electrons. The molecule has 10 nitrogen and oxygen atoms in total. The van der Waals surface area contributed by atoms with Gasteiger partial charge in [0.25, 0.3) is 5.69 Å². The maximum Gasteiger partial charge on any atom is 0.338 e. The zero-order valence-electron chi connectivity index (χ0n) is 29.3. The van der Waals surface area contributed by atoms with E-state index >= 15 is 0 Å². The second kappa shape index (κ2) is 13.1. The summed E-state index contributed by atoms with van der Waals surface area (Å²) in [4.78, 5) is 48.8. The van der Waals surface area contributed by atoms with Crippen LogP contribution in [0.25, 0.3) is 0 Å². The number of nitro benzene ring substituents is 1. The Kier molecular flexibility index (Phi) is 9.74. The Morgan fingerprint density at radius 2 is 1.69 bits per heavy atom. The van der Waals surface area contributed by atoms with Gasteiger partial charge in [0.05, 0.1) is 16.6 Å². The SMILES string of the molecule is CC(=O)O[C@H]1C[C@@]2(C)[C@@H](C[C@@H](O)C3[C@]2(C)CC[C@H]2[C@H](C)[C@H](OC(=O)c4ccc([N+](=O)[O-])cc4)CC[C@]32C)/C1=C(\CCC=C(C)C)C(=O)O. The smallest absolute Gasteiger partial charge is 0.338 e. The van der Waals surface area contributed by atoms with E-state index in [0.29, 0.717) is 43.3 Å². The van der Waals surface area contributed by atoms with Crippen molar-refractivity contribution in [3.05, 3.63) is 62.7 Å². The first-order valence-electron chi connectivity index (χ1n) is 17.3. The van der Waals surface area contributed by atoms with Gasteiger partial charge >= 0.3 is 17.9 Å². The fraction of sp³-hybridized carbons (Fsp3) is 0.658. The lowest BCUT2D eigenvalue weighted by molar-refractivity contribution is -0.384. The molecule has 0 amide bonds. The molecule has 10 atom stereocenters. The summed E-state index contributed by atoms with van der Waals surface area (Å²) in [6.45, 7) is 14.2. The first-order valence-corrected chi connectivity index (χ1v) is 17.3. The van der Waals surface area contributed by atoms with Crippen molar-refractivity contribution >= 4 is 23.6 Å². The van der Waals surface area contributed by atoms with E-state index in [1.807, 2.05) is 19.9 Å². The molecule has 262 valence electrons. The number of hydrogen-bond acceptors (Lipinski definition) is 8. The number of carbonyl (C=O) groups is 3. The Bertz CT molecular complexity index is 1530. The molecular weight excluding hydrogens is 614 g/mol. The highest BCUT2D eigenvalue weighted by Crippen LogP contribution is 2.74. The molecule has 4 saturated carbocycles. The number of non-ortho nitro benzene ring substituents is 1. The van der Waals surface area contributed by atoms with E-state index < -0.39 is 40.5 Å². The monoisotopic (exact) mass is 665 g/mol. The number of benzene rings is 1. The number of carboxylic acid groups (broad SMARTS) is 1. The zero-order chi connectivity index (χ0) is 35.3. The van der Waals surface area contributed by atoms with Crippen LogP contribution < -0.4 is 0 Å². The summed E-state index contributed by atoms with van der Waals surface area (Å²) in [6.07, 6.45) is 5.19. The third kappa shape index (κ3) is 5.98. The fourth-order valence-electron chi connectivity index (χ4n) is 10.9. The molecule has 4 aliphatic carbocycles. The number of esters is 2. The molecule has 48 heavy (non-hydrogen) atoms. The molecule has 4 fully saturated rings. The summed E-state index contributed by atoms with van der Waals surface area (Å²) in [5, 5.41) is 33.7. The van der Waals surface area contributed by atoms with Gasteiger partial charge in [0.2, 0.25) is 0 Å². The van der Waals surface area contributed by atoms with Gasteiger partial charge in [-0.05, 0) is 123 Å². The van der Waals surface area contributed by atoms with Crippen molar-refractivity contribution < 1.29 is 39.0 Å². The quantitative estimate of drug-likeness (QED) is 0.0948. The van der Waals surface area contributed by atoms with E-state index in [9.17, 15) is 34.7 Å². The molecule has 10 heteroatoms. The minimum absolute atomic E-state index is 0.0227. The molecule has 1 unspecified atom stereocenters. The number of nitro groups is 1. The number of allylic oxidation sites excluding steroid dienone is 2. The minimum atomic E-state index is -0.999. The van der Waals surface area contributed by atoms with Gasteiger partial charge < -0.3 is 19.7 Å². The van der Waals surface area contributed by atoms with E-state index in [-0.39, 0.29) is 51.9 Å².